The van der Waals surface area contributed by atoms with E-state index in [1.54, 1.807) is 6.92 Å². The van der Waals surface area contributed by atoms with E-state index in [0.29, 0.717) is 0 Å². The van der Waals surface area contributed by atoms with E-state index >= 15 is 0 Å². The molecule has 6 nitrogen and oxygen atoms in total. The lowest BCUT2D eigenvalue weighted by Gasteiger charge is -2.31. The highest BCUT2D eigenvalue weighted by atomic mass is 16.1. The highest BCUT2D eigenvalue weighted by Crippen LogP contribution is 2.39. The molecule has 0 aromatic carbocycles. The van der Waals surface area contributed by atoms with Crippen molar-refractivity contribution in [3.63, 3.8) is 0 Å². The van der Waals surface area contributed by atoms with Crippen molar-refractivity contribution in [1.82, 2.24) is 19.7 Å². The molecule has 0 unspecified atom stereocenters. The first-order valence-electron chi connectivity index (χ1n) is 14.3. The molecule has 4 heterocycles. The molecule has 1 N–H and O–H groups in total. The molecule has 0 amide bonds. The number of pyridine rings is 2. The minimum atomic E-state index is 0.289. The Morgan fingerprint density at radius 3 is 2.32 bits per heavy atom. The minimum Gasteiger partial charge on any atom is -0.369 e. The van der Waals surface area contributed by atoms with Crippen molar-refractivity contribution in [1.29, 1.82) is 0 Å². The summed E-state index contributed by atoms with van der Waals surface area (Å²) in [5.41, 5.74) is 7.81. The molecule has 1 saturated heterocycles. The first-order valence-corrected chi connectivity index (χ1v) is 14.3. The lowest BCUT2D eigenvalue weighted by molar-refractivity contribution is -0.117. The maximum atomic E-state index is 10.0. The fraction of sp³-hybridized carbons (Fsp3) is 0.581. The fourth-order valence-electron chi connectivity index (χ4n) is 4.77. The van der Waals surface area contributed by atoms with Gasteiger partial charge in [0.25, 0.3) is 0 Å². The van der Waals surface area contributed by atoms with Crippen LogP contribution in [0.15, 0.2) is 36.8 Å². The molecule has 2 fully saturated rings. The fourth-order valence-corrected chi connectivity index (χ4v) is 4.77. The molecule has 0 bridgehead atoms. The first-order chi connectivity index (χ1) is 18.0. The van der Waals surface area contributed by atoms with E-state index in [-0.39, 0.29) is 5.78 Å². The van der Waals surface area contributed by atoms with E-state index in [1.807, 2.05) is 13.1 Å². The first kappa shape index (κ1) is 28.8. The number of ketones is 1. The van der Waals surface area contributed by atoms with Crippen LogP contribution in [-0.4, -0.2) is 46.3 Å². The van der Waals surface area contributed by atoms with Gasteiger partial charge in [0.1, 0.15) is 11.4 Å². The summed E-state index contributed by atoms with van der Waals surface area (Å²) in [7, 11) is 0. The summed E-state index contributed by atoms with van der Waals surface area (Å²) in [6, 6.07) is 6.50. The van der Waals surface area contributed by atoms with Crippen LogP contribution in [0, 0.1) is 6.92 Å². The number of rotatable bonds is 8. The number of imidazole rings is 1. The normalized spacial score (nSPS) is 15.0. The zero-order valence-corrected chi connectivity index (χ0v) is 23.7. The number of piperazine rings is 1. The predicted octanol–water partition coefficient (Wildman–Crippen LogP) is 6.29. The molecule has 3 aromatic heterocycles. The second kappa shape index (κ2) is 14.9. The summed E-state index contributed by atoms with van der Waals surface area (Å²) in [5.74, 6) is 1.04. The molecule has 202 valence electrons. The van der Waals surface area contributed by atoms with E-state index in [4.69, 9.17) is 0 Å². The summed E-state index contributed by atoms with van der Waals surface area (Å²) < 4.78 is 2.18. The number of fused-ring (bicyclic) bond motifs is 1. The number of aromatic nitrogens is 3. The Hall–Kier alpha value is -2.73. The molecule has 1 aliphatic heterocycles. The van der Waals surface area contributed by atoms with Crippen LogP contribution in [-0.2, 0) is 17.6 Å². The van der Waals surface area contributed by atoms with E-state index in [2.05, 4.69) is 75.9 Å². The van der Waals surface area contributed by atoms with Crippen LogP contribution in [0.1, 0.15) is 94.7 Å². The van der Waals surface area contributed by atoms with Gasteiger partial charge in [-0.1, -0.05) is 39.7 Å². The third kappa shape index (κ3) is 8.96. The van der Waals surface area contributed by atoms with Gasteiger partial charge in [0.05, 0.1) is 5.69 Å². The topological polar surface area (TPSA) is 62.5 Å². The third-order valence-corrected chi connectivity index (χ3v) is 6.87. The van der Waals surface area contributed by atoms with Crippen LogP contribution in [0.25, 0.3) is 5.65 Å². The second-order valence-corrected chi connectivity index (χ2v) is 10.3. The molecule has 0 spiro atoms. The predicted molar refractivity (Wildman–Crippen MR) is 155 cm³/mol. The van der Waals surface area contributed by atoms with Crippen LogP contribution >= 0.6 is 0 Å². The Kier molecular flexibility index (Phi) is 11.6. The highest BCUT2D eigenvalue weighted by Gasteiger charge is 2.26. The number of nitrogens with zero attached hydrogens (tertiary/aromatic N) is 4. The summed E-state index contributed by atoms with van der Waals surface area (Å²) in [5, 5.41) is 3.39. The SMILES string of the molecule is CCCC(C)=O.CCCc1c(N2CCNCC2)ccnc1C.CCCc1ccc2nc(C3CC3)cn2c1. The van der Waals surface area contributed by atoms with Gasteiger partial charge in [-0.15, -0.1) is 0 Å². The number of Topliss-reactive ketones (excluding diaryl/α,β-unsaturated/α-hetero) is 1. The summed E-state index contributed by atoms with van der Waals surface area (Å²) in [6.45, 7) is 14.6. The molecule has 5 rings (SSSR count). The van der Waals surface area contributed by atoms with E-state index < -0.39 is 0 Å². The average Bonchev–Trinajstić information content (AvgIpc) is 3.66. The summed E-state index contributed by atoms with van der Waals surface area (Å²) in [6.07, 6.45) is 15.4. The molecule has 0 radical (unpaired) electrons. The highest BCUT2D eigenvalue weighted by molar-refractivity contribution is 5.75. The van der Waals surface area contributed by atoms with Gasteiger partial charge in [-0.25, -0.2) is 4.98 Å². The second-order valence-electron chi connectivity index (χ2n) is 10.3. The number of nitrogens with one attached hydrogen (secondary N) is 1. The van der Waals surface area contributed by atoms with Crippen molar-refractivity contribution >= 4 is 17.1 Å². The quantitative estimate of drug-likeness (QED) is 0.390. The van der Waals surface area contributed by atoms with Crippen molar-refractivity contribution in [3.05, 3.63) is 59.3 Å². The number of aryl methyl sites for hydroxylation is 2. The van der Waals surface area contributed by atoms with Gasteiger partial charge in [-0.2, -0.15) is 0 Å². The number of hydrogen-bond donors (Lipinski definition) is 1. The van der Waals surface area contributed by atoms with E-state index in [9.17, 15) is 4.79 Å². The zero-order chi connectivity index (χ0) is 26.6. The van der Waals surface area contributed by atoms with Crippen molar-refractivity contribution < 1.29 is 4.79 Å². The smallest absolute Gasteiger partial charge is 0.136 e. The third-order valence-electron chi connectivity index (χ3n) is 6.87. The molecular weight excluding hydrogens is 458 g/mol. The van der Waals surface area contributed by atoms with Crippen LogP contribution in [0.2, 0.25) is 0 Å². The molecule has 37 heavy (non-hydrogen) atoms. The molecule has 1 aliphatic carbocycles. The number of carbonyl (C=O) groups is 1. The van der Waals surface area contributed by atoms with Gasteiger partial charge in [0.2, 0.25) is 0 Å². The minimum absolute atomic E-state index is 0.289. The van der Waals surface area contributed by atoms with E-state index in [1.165, 1.54) is 53.9 Å². The zero-order valence-electron chi connectivity index (χ0n) is 23.7. The van der Waals surface area contributed by atoms with Crippen LogP contribution in [0.4, 0.5) is 5.69 Å². The molecule has 2 aliphatic rings. The van der Waals surface area contributed by atoms with Gasteiger partial charge in [0, 0.05) is 68.5 Å². The Morgan fingerprint density at radius 1 is 1.00 bits per heavy atom. The molecular formula is C31H47N5O. The summed E-state index contributed by atoms with van der Waals surface area (Å²) in [4.78, 5) is 21.6. The monoisotopic (exact) mass is 505 g/mol. The summed E-state index contributed by atoms with van der Waals surface area (Å²) >= 11 is 0. The largest absolute Gasteiger partial charge is 0.369 e. The molecule has 3 aromatic rings. The van der Waals surface area contributed by atoms with Gasteiger partial charge >= 0.3 is 0 Å². The maximum absolute atomic E-state index is 10.0. The molecule has 6 heteroatoms. The van der Waals surface area contributed by atoms with Crippen molar-refractivity contribution in [2.75, 3.05) is 31.1 Å². The van der Waals surface area contributed by atoms with Crippen LogP contribution in [0.3, 0.4) is 0 Å². The lowest BCUT2D eigenvalue weighted by atomic mass is 10.1. The Balaban J connectivity index is 0.000000170. The molecule has 1 saturated carbocycles. The molecule has 0 atom stereocenters. The van der Waals surface area contributed by atoms with Crippen LogP contribution < -0.4 is 10.2 Å². The van der Waals surface area contributed by atoms with Gasteiger partial charge < -0.3 is 19.4 Å². The lowest BCUT2D eigenvalue weighted by Crippen LogP contribution is -2.44. The van der Waals surface area contributed by atoms with Crippen molar-refractivity contribution in [2.45, 2.75) is 91.9 Å². The Morgan fingerprint density at radius 2 is 1.73 bits per heavy atom. The maximum Gasteiger partial charge on any atom is 0.136 e. The van der Waals surface area contributed by atoms with Crippen LogP contribution in [0.5, 0.6) is 0 Å². The number of anilines is 1. The number of hydrogen-bond acceptors (Lipinski definition) is 5. The standard InChI is InChI=1S/C13H21N3.C13H16N2.C5H10O/c1-3-4-12-11(2)15-6-5-13(12)16-9-7-14-8-10-16;1-2-3-10-4-7-13-14-12(11-5-6-11)9-15(13)8-10;1-3-4-5(2)6/h5-6,14H,3-4,7-10H2,1-2H3;4,7-9,11H,2-3,5-6H2,1H3;3-4H2,1-2H3. The van der Waals surface area contributed by atoms with Crippen molar-refractivity contribution in [2.24, 2.45) is 0 Å². The van der Waals surface area contributed by atoms with Gasteiger partial charge in [0.15, 0.2) is 0 Å². The van der Waals surface area contributed by atoms with Gasteiger partial charge in [-0.05, 0) is 69.2 Å². The number of carbonyl (C=O) groups excluding carboxylic acids is 1. The van der Waals surface area contributed by atoms with Gasteiger partial charge in [-0.3, -0.25) is 4.98 Å². The Labute approximate surface area is 223 Å². The Bertz CT molecular complexity index is 1110. The van der Waals surface area contributed by atoms with Crippen molar-refractivity contribution in [3.8, 4) is 0 Å². The van der Waals surface area contributed by atoms with E-state index in [0.717, 1.165) is 63.4 Å². The average molecular weight is 506 g/mol.